The Morgan fingerprint density at radius 1 is 0.933 bits per heavy atom. The van der Waals surface area contributed by atoms with Crippen molar-refractivity contribution in [1.29, 1.82) is 0 Å². The smallest absolute Gasteiger partial charge is 0.272 e. The monoisotopic (exact) mass is 405 g/mol. The molecule has 156 valence electrons. The Kier molecular flexibility index (Phi) is 6.51. The Hall–Kier alpha value is -3.03. The van der Waals surface area contributed by atoms with E-state index in [1.165, 1.54) is 5.56 Å². The lowest BCUT2D eigenvalue weighted by Gasteiger charge is -2.34. The van der Waals surface area contributed by atoms with Gasteiger partial charge in [-0.15, -0.1) is 0 Å². The predicted molar refractivity (Wildman–Crippen MR) is 117 cm³/mol. The summed E-state index contributed by atoms with van der Waals surface area (Å²) in [5.41, 5.74) is 1.34. The Morgan fingerprint density at radius 3 is 2.37 bits per heavy atom. The normalized spacial score (nSPS) is 15.3. The van der Waals surface area contributed by atoms with Crippen molar-refractivity contribution < 1.29 is 4.79 Å². The van der Waals surface area contributed by atoms with Gasteiger partial charge in [0.2, 0.25) is 0 Å². The molecular formula is C23H27N5O2. The minimum Gasteiger partial charge on any atom is -0.351 e. The topological polar surface area (TPSA) is 81.3 Å². The van der Waals surface area contributed by atoms with E-state index in [-0.39, 0.29) is 17.2 Å². The van der Waals surface area contributed by atoms with E-state index >= 15 is 0 Å². The van der Waals surface area contributed by atoms with Crippen LogP contribution in [0.25, 0.3) is 10.8 Å². The van der Waals surface area contributed by atoms with Crippen LogP contribution in [-0.4, -0.2) is 65.2 Å². The summed E-state index contributed by atoms with van der Waals surface area (Å²) in [6.07, 6.45) is 0.881. The number of rotatable bonds is 7. The van der Waals surface area contributed by atoms with Gasteiger partial charge >= 0.3 is 0 Å². The predicted octanol–water partition coefficient (Wildman–Crippen LogP) is 1.86. The molecule has 1 amide bonds. The average Bonchev–Trinajstić information content (AvgIpc) is 2.79. The molecule has 1 saturated heterocycles. The molecule has 3 aromatic rings. The quantitative estimate of drug-likeness (QED) is 0.587. The van der Waals surface area contributed by atoms with E-state index < -0.39 is 0 Å². The summed E-state index contributed by atoms with van der Waals surface area (Å²) in [5, 5.41) is 10.3. The van der Waals surface area contributed by atoms with Crippen LogP contribution in [0.3, 0.4) is 0 Å². The second kappa shape index (κ2) is 9.65. The van der Waals surface area contributed by atoms with Crippen LogP contribution in [-0.2, 0) is 6.54 Å². The molecule has 0 radical (unpaired) electrons. The maximum Gasteiger partial charge on any atom is 0.272 e. The zero-order valence-electron chi connectivity index (χ0n) is 17.0. The molecule has 7 heteroatoms. The first-order valence-electron chi connectivity index (χ1n) is 10.4. The molecule has 4 rings (SSSR count). The van der Waals surface area contributed by atoms with Gasteiger partial charge in [-0.05, 0) is 24.6 Å². The average molecular weight is 406 g/mol. The van der Waals surface area contributed by atoms with Gasteiger partial charge in [0.25, 0.3) is 11.5 Å². The Balaban J connectivity index is 1.20. The van der Waals surface area contributed by atoms with Gasteiger partial charge in [-0.2, -0.15) is 5.10 Å². The first-order valence-corrected chi connectivity index (χ1v) is 10.4. The fourth-order valence-electron chi connectivity index (χ4n) is 3.89. The molecule has 30 heavy (non-hydrogen) atoms. The number of piperazine rings is 1. The van der Waals surface area contributed by atoms with Crippen LogP contribution in [0, 0.1) is 0 Å². The van der Waals surface area contributed by atoms with Crippen molar-refractivity contribution in [2.75, 3.05) is 39.3 Å². The molecule has 0 aliphatic carbocycles. The zero-order valence-corrected chi connectivity index (χ0v) is 17.0. The van der Waals surface area contributed by atoms with Gasteiger partial charge in [0.05, 0.1) is 5.39 Å². The number of aromatic amines is 1. The molecule has 1 aliphatic heterocycles. The molecule has 2 N–H and O–H groups in total. The number of benzene rings is 2. The van der Waals surface area contributed by atoms with E-state index in [1.807, 2.05) is 0 Å². The van der Waals surface area contributed by atoms with Crippen molar-refractivity contribution in [3.63, 3.8) is 0 Å². The fraction of sp³-hybridized carbons (Fsp3) is 0.348. The number of hydrogen-bond donors (Lipinski definition) is 2. The van der Waals surface area contributed by atoms with Gasteiger partial charge in [0, 0.05) is 44.7 Å². The first kappa shape index (κ1) is 20.3. The number of amides is 1. The third-order valence-corrected chi connectivity index (χ3v) is 5.56. The number of hydrogen-bond acceptors (Lipinski definition) is 5. The van der Waals surface area contributed by atoms with E-state index in [4.69, 9.17) is 0 Å². The molecular weight excluding hydrogens is 378 g/mol. The highest BCUT2D eigenvalue weighted by molar-refractivity contribution is 6.04. The first-order chi connectivity index (χ1) is 14.7. The van der Waals surface area contributed by atoms with E-state index in [2.05, 4.69) is 55.6 Å². The highest BCUT2D eigenvalue weighted by Crippen LogP contribution is 2.12. The molecule has 1 aromatic heterocycles. The van der Waals surface area contributed by atoms with Gasteiger partial charge < -0.3 is 10.2 Å². The second-order valence-corrected chi connectivity index (χ2v) is 7.66. The summed E-state index contributed by atoms with van der Waals surface area (Å²) < 4.78 is 0. The fourth-order valence-corrected chi connectivity index (χ4v) is 3.89. The second-order valence-electron chi connectivity index (χ2n) is 7.66. The number of nitrogens with one attached hydrogen (secondary N) is 2. The number of nitrogens with zero attached hydrogens (tertiary/aromatic N) is 3. The molecule has 0 unspecified atom stereocenters. The van der Waals surface area contributed by atoms with E-state index in [0.717, 1.165) is 45.7 Å². The lowest BCUT2D eigenvalue weighted by Crippen LogP contribution is -2.46. The summed E-state index contributed by atoms with van der Waals surface area (Å²) in [6.45, 7) is 6.77. The summed E-state index contributed by atoms with van der Waals surface area (Å²) in [5.74, 6) is -0.255. The largest absolute Gasteiger partial charge is 0.351 e. The molecule has 0 atom stereocenters. The maximum atomic E-state index is 12.5. The molecule has 7 nitrogen and oxygen atoms in total. The zero-order chi connectivity index (χ0) is 20.8. The van der Waals surface area contributed by atoms with Crippen LogP contribution >= 0.6 is 0 Å². The Labute approximate surface area is 175 Å². The molecule has 0 spiro atoms. The van der Waals surface area contributed by atoms with E-state index in [1.54, 1.807) is 24.3 Å². The molecule has 0 bridgehead atoms. The number of fused-ring (bicyclic) bond motifs is 1. The maximum absolute atomic E-state index is 12.5. The molecule has 1 aliphatic rings. The van der Waals surface area contributed by atoms with Gasteiger partial charge in [-0.25, -0.2) is 5.10 Å². The van der Waals surface area contributed by atoms with Crippen LogP contribution in [0.4, 0.5) is 0 Å². The van der Waals surface area contributed by atoms with E-state index in [9.17, 15) is 9.59 Å². The third-order valence-electron chi connectivity index (χ3n) is 5.56. The highest BCUT2D eigenvalue weighted by atomic mass is 16.2. The Bertz CT molecular complexity index is 1040. The Morgan fingerprint density at radius 2 is 1.60 bits per heavy atom. The van der Waals surface area contributed by atoms with Gasteiger partial charge in [0.1, 0.15) is 0 Å². The minimum atomic E-state index is -0.284. The molecule has 1 fully saturated rings. The van der Waals surface area contributed by atoms with Crippen molar-refractivity contribution in [3.05, 3.63) is 76.2 Å². The van der Waals surface area contributed by atoms with Crippen LogP contribution in [0.15, 0.2) is 59.4 Å². The summed E-state index contributed by atoms with van der Waals surface area (Å²) >= 11 is 0. The van der Waals surface area contributed by atoms with Gasteiger partial charge in [0.15, 0.2) is 5.69 Å². The lowest BCUT2D eigenvalue weighted by atomic mass is 10.1. The summed E-state index contributed by atoms with van der Waals surface area (Å²) in [6, 6.07) is 17.6. The lowest BCUT2D eigenvalue weighted by molar-refractivity contribution is 0.0943. The third kappa shape index (κ3) is 4.93. The number of carbonyl (C=O) groups excluding carboxylic acids is 1. The van der Waals surface area contributed by atoms with Crippen molar-refractivity contribution in [2.45, 2.75) is 13.0 Å². The van der Waals surface area contributed by atoms with Crippen molar-refractivity contribution in [2.24, 2.45) is 0 Å². The van der Waals surface area contributed by atoms with Gasteiger partial charge in [-0.1, -0.05) is 48.5 Å². The molecule has 2 heterocycles. The number of aromatic nitrogens is 2. The van der Waals surface area contributed by atoms with Crippen LogP contribution < -0.4 is 10.9 Å². The molecule has 0 saturated carbocycles. The van der Waals surface area contributed by atoms with Crippen molar-refractivity contribution in [1.82, 2.24) is 25.3 Å². The molecule has 2 aromatic carbocycles. The standard InChI is InChI=1S/C23H27N5O2/c29-22-20-10-5-4-9-19(20)21(25-26-22)23(30)24-11-6-12-27-13-15-28(16-14-27)17-18-7-2-1-3-8-18/h1-5,7-10H,6,11-17H2,(H,24,30)(H,26,29). The number of H-pyrrole nitrogens is 1. The van der Waals surface area contributed by atoms with Crippen molar-refractivity contribution in [3.8, 4) is 0 Å². The SMILES string of the molecule is O=C(NCCCN1CCN(Cc2ccccc2)CC1)c1n[nH]c(=O)c2ccccc12. The summed E-state index contributed by atoms with van der Waals surface area (Å²) in [4.78, 5) is 29.3. The van der Waals surface area contributed by atoms with E-state index in [0.29, 0.717) is 17.3 Å². The van der Waals surface area contributed by atoms with Crippen LogP contribution in [0.5, 0.6) is 0 Å². The summed E-state index contributed by atoms with van der Waals surface area (Å²) in [7, 11) is 0. The van der Waals surface area contributed by atoms with Crippen LogP contribution in [0.1, 0.15) is 22.5 Å². The van der Waals surface area contributed by atoms with Crippen molar-refractivity contribution >= 4 is 16.7 Å². The number of carbonyl (C=O) groups is 1. The minimum absolute atomic E-state index is 0.255. The van der Waals surface area contributed by atoms with Gasteiger partial charge in [-0.3, -0.25) is 14.5 Å². The van der Waals surface area contributed by atoms with Crippen LogP contribution in [0.2, 0.25) is 0 Å². The highest BCUT2D eigenvalue weighted by Gasteiger charge is 2.17.